The van der Waals surface area contributed by atoms with Crippen molar-refractivity contribution in [3.8, 4) is 5.75 Å². The maximum absolute atomic E-state index is 11.9. The molecule has 290 valence electrons. The van der Waals surface area contributed by atoms with Crippen molar-refractivity contribution in [1.82, 2.24) is 19.5 Å². The maximum Gasteiger partial charge on any atom is 0.181 e. The molecule has 9 nitrogen and oxygen atoms in total. The predicted octanol–water partition coefficient (Wildman–Crippen LogP) is 9.25. The van der Waals surface area contributed by atoms with Crippen LogP contribution in [0.25, 0.3) is 11.2 Å². The fraction of sp³-hybridized carbons (Fsp3) is 0.163. The Balaban J connectivity index is 1.45. The van der Waals surface area contributed by atoms with Crippen LogP contribution in [0.1, 0.15) is 52.5 Å². The first kappa shape index (κ1) is 38.2. The van der Waals surface area contributed by atoms with Gasteiger partial charge in [-0.3, -0.25) is 9.40 Å². The SMILES string of the molecule is CCC(CO)(OC(c1ccccc1)(c1ccccc1)c1cccc(OC)c1)n1cnc2c(NOC)nc(C(c3ccccc3)(c3ccccc3)c3ccccc3)nc21. The maximum atomic E-state index is 11.9. The van der Waals surface area contributed by atoms with E-state index >= 15 is 0 Å². The van der Waals surface area contributed by atoms with Crippen molar-refractivity contribution in [1.29, 1.82) is 0 Å². The van der Waals surface area contributed by atoms with Crippen molar-refractivity contribution in [2.45, 2.75) is 30.1 Å². The van der Waals surface area contributed by atoms with Crippen LogP contribution in [0, 0.1) is 0 Å². The van der Waals surface area contributed by atoms with Gasteiger partial charge in [-0.25, -0.2) is 20.4 Å². The normalized spacial score (nSPS) is 12.9. The number of hydrogen-bond donors (Lipinski definition) is 2. The molecule has 0 fully saturated rings. The third-order valence-electron chi connectivity index (χ3n) is 11.0. The molecular formula is C49H45N5O4. The molecule has 0 amide bonds. The molecule has 2 aromatic heterocycles. The van der Waals surface area contributed by atoms with Crippen molar-refractivity contribution < 1.29 is 19.4 Å². The summed E-state index contributed by atoms with van der Waals surface area (Å²) >= 11 is 0. The number of aromatic nitrogens is 4. The van der Waals surface area contributed by atoms with Gasteiger partial charge in [-0.2, -0.15) is 0 Å². The minimum absolute atomic E-state index is 0.327. The second-order valence-corrected chi connectivity index (χ2v) is 14.0. The summed E-state index contributed by atoms with van der Waals surface area (Å²) in [5.41, 5.74) is 5.63. The van der Waals surface area contributed by atoms with Crippen molar-refractivity contribution in [3.05, 3.63) is 221 Å². The highest BCUT2D eigenvalue weighted by atomic mass is 16.6. The van der Waals surface area contributed by atoms with Crippen LogP contribution in [0.3, 0.4) is 0 Å². The number of aliphatic hydroxyl groups excluding tert-OH is 1. The van der Waals surface area contributed by atoms with Crippen LogP contribution in [-0.2, 0) is 26.3 Å². The van der Waals surface area contributed by atoms with Gasteiger partial charge in [0.05, 0.1) is 27.2 Å². The van der Waals surface area contributed by atoms with Crippen molar-refractivity contribution in [3.63, 3.8) is 0 Å². The molecule has 0 spiro atoms. The molecule has 6 aromatic carbocycles. The number of anilines is 1. The fourth-order valence-electron chi connectivity index (χ4n) is 8.15. The van der Waals surface area contributed by atoms with Crippen LogP contribution in [0.4, 0.5) is 5.82 Å². The van der Waals surface area contributed by atoms with E-state index in [0.29, 0.717) is 35.0 Å². The second-order valence-electron chi connectivity index (χ2n) is 14.0. The molecule has 9 heteroatoms. The van der Waals surface area contributed by atoms with Crippen LogP contribution < -0.4 is 10.2 Å². The number of nitrogens with zero attached hydrogens (tertiary/aromatic N) is 4. The van der Waals surface area contributed by atoms with Gasteiger partial charge in [-0.05, 0) is 51.9 Å². The summed E-state index contributed by atoms with van der Waals surface area (Å²) in [7, 11) is 3.19. The predicted molar refractivity (Wildman–Crippen MR) is 226 cm³/mol. The first-order chi connectivity index (χ1) is 28.5. The van der Waals surface area contributed by atoms with Gasteiger partial charge in [0.15, 0.2) is 28.5 Å². The molecule has 1 unspecified atom stereocenters. The standard InChI is InChI=1S/C49H45N5O4/c1-4-47(34-55,58-49(39-27-16-8-17-28-39,40-29-18-9-19-30-40)41-31-20-32-42(33-41)56-2)54-35-50-43-44(53-57-3)51-46(52-45(43)54)48(36-21-10-5-11-22-36,37-23-12-6-13-24-37)38-25-14-7-15-26-38/h5-33,35,55H,4,34H2,1-3H3,(H,51,52,53). The summed E-state index contributed by atoms with van der Waals surface area (Å²) in [6.07, 6.45) is 2.00. The van der Waals surface area contributed by atoms with Gasteiger partial charge in [0.1, 0.15) is 16.8 Å². The zero-order valence-corrected chi connectivity index (χ0v) is 32.7. The van der Waals surface area contributed by atoms with E-state index < -0.39 is 23.3 Å². The molecule has 1 atom stereocenters. The van der Waals surface area contributed by atoms with Crippen molar-refractivity contribution in [2.75, 3.05) is 26.3 Å². The minimum atomic E-state index is -1.44. The number of nitrogens with one attached hydrogen (secondary N) is 1. The second kappa shape index (κ2) is 16.4. The van der Waals surface area contributed by atoms with E-state index in [0.717, 1.165) is 33.4 Å². The van der Waals surface area contributed by atoms with Crippen LogP contribution in [-0.4, -0.2) is 45.5 Å². The molecule has 0 aliphatic carbocycles. The number of methoxy groups -OCH3 is 1. The zero-order valence-electron chi connectivity index (χ0n) is 32.7. The van der Waals surface area contributed by atoms with E-state index in [2.05, 4.69) is 41.9 Å². The van der Waals surface area contributed by atoms with E-state index in [4.69, 9.17) is 29.3 Å². The Morgan fingerprint density at radius 2 is 1.09 bits per heavy atom. The van der Waals surface area contributed by atoms with Crippen LogP contribution >= 0.6 is 0 Å². The molecule has 0 aliphatic rings. The summed E-state index contributed by atoms with van der Waals surface area (Å²) < 4.78 is 15.3. The lowest BCUT2D eigenvalue weighted by atomic mass is 9.68. The van der Waals surface area contributed by atoms with Crippen LogP contribution in [0.15, 0.2) is 182 Å². The topological polar surface area (TPSA) is 104 Å². The first-order valence-electron chi connectivity index (χ1n) is 19.3. The smallest absolute Gasteiger partial charge is 0.181 e. The number of ether oxygens (including phenoxy) is 2. The quantitative estimate of drug-likeness (QED) is 0.0787. The molecule has 2 N–H and O–H groups in total. The molecule has 8 aromatic rings. The molecule has 58 heavy (non-hydrogen) atoms. The molecule has 2 heterocycles. The van der Waals surface area contributed by atoms with Crippen LogP contribution in [0.5, 0.6) is 5.75 Å². The van der Waals surface area contributed by atoms with Gasteiger partial charge in [0, 0.05) is 0 Å². The number of fused-ring (bicyclic) bond motifs is 1. The lowest BCUT2D eigenvalue weighted by Crippen LogP contribution is -2.48. The van der Waals surface area contributed by atoms with Gasteiger partial charge in [0.2, 0.25) is 0 Å². The van der Waals surface area contributed by atoms with E-state index in [1.54, 1.807) is 20.5 Å². The van der Waals surface area contributed by atoms with Gasteiger partial charge >= 0.3 is 0 Å². The summed E-state index contributed by atoms with van der Waals surface area (Å²) in [6, 6.07) is 58.8. The first-order valence-corrected chi connectivity index (χ1v) is 19.3. The lowest BCUT2D eigenvalue weighted by Gasteiger charge is -2.45. The monoisotopic (exact) mass is 767 g/mol. The summed E-state index contributed by atoms with van der Waals surface area (Å²) in [5.74, 6) is 1.50. The van der Waals surface area contributed by atoms with Crippen molar-refractivity contribution in [2.24, 2.45) is 0 Å². The number of hydrogen-bond acceptors (Lipinski definition) is 8. The summed E-state index contributed by atoms with van der Waals surface area (Å²) in [5, 5.41) is 11.9. The van der Waals surface area contributed by atoms with Gasteiger partial charge < -0.3 is 14.6 Å². The highest BCUT2D eigenvalue weighted by Crippen LogP contribution is 2.48. The Kier molecular flexibility index (Phi) is 10.8. The van der Waals surface area contributed by atoms with Gasteiger partial charge in [0.25, 0.3) is 0 Å². The molecule has 0 saturated heterocycles. The minimum Gasteiger partial charge on any atom is -0.497 e. The average Bonchev–Trinajstić information content (AvgIpc) is 3.74. The molecule has 0 aliphatic heterocycles. The highest BCUT2D eigenvalue weighted by molar-refractivity contribution is 5.83. The number of rotatable bonds is 15. The Hall–Kier alpha value is -6.65. The molecule has 8 rings (SSSR count). The van der Waals surface area contributed by atoms with E-state index in [1.165, 1.54) is 0 Å². The van der Waals surface area contributed by atoms with Gasteiger partial charge in [-0.1, -0.05) is 171 Å². The average molecular weight is 768 g/mol. The number of aliphatic hydroxyl groups is 1. The lowest BCUT2D eigenvalue weighted by molar-refractivity contribution is -0.195. The molecular weight excluding hydrogens is 723 g/mol. The van der Waals surface area contributed by atoms with Crippen LogP contribution in [0.2, 0.25) is 0 Å². The molecule has 0 radical (unpaired) electrons. The molecule has 0 bridgehead atoms. The van der Waals surface area contributed by atoms with Crippen molar-refractivity contribution >= 4 is 17.0 Å². The molecule has 0 saturated carbocycles. The van der Waals surface area contributed by atoms with E-state index in [-0.39, 0.29) is 0 Å². The van der Waals surface area contributed by atoms with Gasteiger partial charge in [-0.15, -0.1) is 0 Å². The third kappa shape index (κ3) is 6.49. The summed E-state index contributed by atoms with van der Waals surface area (Å²) in [6.45, 7) is 1.57. The number of benzene rings is 6. The largest absolute Gasteiger partial charge is 0.497 e. The Morgan fingerprint density at radius 1 is 0.603 bits per heavy atom. The highest BCUT2D eigenvalue weighted by Gasteiger charge is 2.48. The Morgan fingerprint density at radius 3 is 1.53 bits per heavy atom. The Bertz CT molecular complexity index is 2430. The Labute approximate surface area is 338 Å². The fourth-order valence-corrected chi connectivity index (χ4v) is 8.15. The number of imidazole rings is 1. The summed E-state index contributed by atoms with van der Waals surface area (Å²) in [4.78, 5) is 21.2. The third-order valence-corrected chi connectivity index (χ3v) is 11.0. The zero-order chi connectivity index (χ0) is 40.0. The van der Waals surface area contributed by atoms with E-state index in [9.17, 15) is 5.11 Å². The van der Waals surface area contributed by atoms with E-state index in [1.807, 2.05) is 151 Å².